The SMILES string of the molecule is Cc1ccc(-c2ccc(/C=N/NC(=O)c3cc(Br)ccc3O)o2)cc1[N+](=O)[O-]. The number of phenols is 1. The van der Waals surface area contributed by atoms with Gasteiger partial charge in [0.2, 0.25) is 0 Å². The Kier molecular flexibility index (Phi) is 5.55. The van der Waals surface area contributed by atoms with E-state index in [4.69, 9.17) is 4.42 Å². The summed E-state index contributed by atoms with van der Waals surface area (Å²) in [7, 11) is 0. The van der Waals surface area contributed by atoms with E-state index in [-0.39, 0.29) is 17.0 Å². The van der Waals surface area contributed by atoms with Crippen molar-refractivity contribution in [2.24, 2.45) is 5.10 Å². The van der Waals surface area contributed by atoms with Crippen molar-refractivity contribution in [2.45, 2.75) is 6.92 Å². The molecule has 0 unspecified atom stereocenters. The van der Waals surface area contributed by atoms with E-state index in [1.807, 2.05) is 0 Å². The number of aromatic hydroxyl groups is 1. The standard InChI is InChI=1S/C19H14BrN3O5/c1-11-2-3-12(8-16(11)23(26)27)18-7-5-14(28-18)10-21-22-19(25)15-9-13(20)4-6-17(15)24/h2-10,24H,1H3,(H,22,25)/b21-10+. The number of nitro benzene ring substituents is 1. The maximum Gasteiger partial charge on any atom is 0.275 e. The van der Waals surface area contributed by atoms with Gasteiger partial charge in [-0.3, -0.25) is 14.9 Å². The number of phenolic OH excluding ortho intramolecular Hbond substituents is 1. The average molecular weight is 444 g/mol. The molecule has 0 aliphatic rings. The number of aryl methyl sites for hydroxylation is 1. The minimum Gasteiger partial charge on any atom is -0.507 e. The summed E-state index contributed by atoms with van der Waals surface area (Å²) in [4.78, 5) is 22.7. The Labute approximate surface area is 167 Å². The molecule has 1 heterocycles. The topological polar surface area (TPSA) is 118 Å². The monoisotopic (exact) mass is 443 g/mol. The number of nitro groups is 1. The average Bonchev–Trinajstić information content (AvgIpc) is 3.12. The van der Waals surface area contributed by atoms with Gasteiger partial charge in [-0.15, -0.1) is 0 Å². The molecule has 0 aliphatic heterocycles. The van der Waals surface area contributed by atoms with Crippen LogP contribution in [0.25, 0.3) is 11.3 Å². The summed E-state index contributed by atoms with van der Waals surface area (Å²) in [6, 6.07) is 12.5. The van der Waals surface area contributed by atoms with Crippen molar-refractivity contribution in [3.8, 4) is 17.1 Å². The molecule has 0 aliphatic carbocycles. The molecular weight excluding hydrogens is 430 g/mol. The van der Waals surface area contributed by atoms with Crippen LogP contribution in [0.15, 0.2) is 62.5 Å². The predicted molar refractivity (Wildman–Crippen MR) is 106 cm³/mol. The predicted octanol–water partition coefficient (Wildman–Crippen LogP) is 4.40. The van der Waals surface area contributed by atoms with Gasteiger partial charge < -0.3 is 9.52 Å². The molecule has 3 rings (SSSR count). The molecule has 1 aromatic heterocycles. The summed E-state index contributed by atoms with van der Waals surface area (Å²) in [6.07, 6.45) is 1.29. The fourth-order valence-corrected chi connectivity index (χ4v) is 2.80. The second-order valence-corrected chi connectivity index (χ2v) is 6.74. The maximum atomic E-state index is 12.1. The van der Waals surface area contributed by atoms with Crippen molar-refractivity contribution in [1.29, 1.82) is 0 Å². The van der Waals surface area contributed by atoms with E-state index in [1.165, 1.54) is 24.4 Å². The van der Waals surface area contributed by atoms with Gasteiger partial charge in [0.1, 0.15) is 17.3 Å². The van der Waals surface area contributed by atoms with E-state index >= 15 is 0 Å². The van der Waals surface area contributed by atoms with Crippen molar-refractivity contribution < 1.29 is 19.2 Å². The Morgan fingerprint density at radius 3 is 2.79 bits per heavy atom. The van der Waals surface area contributed by atoms with E-state index in [0.29, 0.717) is 27.1 Å². The first-order valence-electron chi connectivity index (χ1n) is 8.02. The number of furan rings is 1. The lowest BCUT2D eigenvalue weighted by molar-refractivity contribution is -0.385. The highest BCUT2D eigenvalue weighted by Gasteiger charge is 2.14. The maximum absolute atomic E-state index is 12.1. The van der Waals surface area contributed by atoms with Crippen LogP contribution in [0.4, 0.5) is 5.69 Å². The summed E-state index contributed by atoms with van der Waals surface area (Å²) in [6.45, 7) is 1.66. The zero-order valence-electron chi connectivity index (χ0n) is 14.5. The number of hydrazone groups is 1. The van der Waals surface area contributed by atoms with Gasteiger partial charge in [0.25, 0.3) is 11.6 Å². The van der Waals surface area contributed by atoms with Gasteiger partial charge in [0.15, 0.2) is 0 Å². The van der Waals surface area contributed by atoms with Gasteiger partial charge in [-0.05, 0) is 37.3 Å². The molecule has 142 valence electrons. The van der Waals surface area contributed by atoms with Crippen molar-refractivity contribution in [2.75, 3.05) is 0 Å². The summed E-state index contributed by atoms with van der Waals surface area (Å²) in [5, 5.41) is 24.6. The first kappa shape index (κ1) is 19.3. The molecule has 28 heavy (non-hydrogen) atoms. The molecule has 1 amide bonds. The highest BCUT2D eigenvalue weighted by molar-refractivity contribution is 9.10. The highest BCUT2D eigenvalue weighted by Crippen LogP contribution is 2.28. The summed E-state index contributed by atoms with van der Waals surface area (Å²) >= 11 is 3.23. The van der Waals surface area contributed by atoms with Gasteiger partial charge in [-0.1, -0.05) is 28.1 Å². The molecule has 0 radical (unpaired) electrons. The molecule has 2 N–H and O–H groups in total. The lowest BCUT2D eigenvalue weighted by Gasteiger charge is -2.03. The van der Waals surface area contributed by atoms with E-state index in [1.54, 1.807) is 37.3 Å². The smallest absolute Gasteiger partial charge is 0.275 e. The number of hydrogen-bond acceptors (Lipinski definition) is 6. The molecule has 8 nitrogen and oxygen atoms in total. The number of rotatable bonds is 5. The fourth-order valence-electron chi connectivity index (χ4n) is 2.44. The molecule has 0 saturated heterocycles. The van der Waals surface area contributed by atoms with Crippen LogP contribution < -0.4 is 5.43 Å². The van der Waals surface area contributed by atoms with Crippen LogP contribution in [-0.4, -0.2) is 22.2 Å². The third kappa shape index (κ3) is 4.26. The zero-order chi connectivity index (χ0) is 20.3. The summed E-state index contributed by atoms with van der Waals surface area (Å²) in [5.41, 5.74) is 3.48. The Bertz CT molecular complexity index is 1090. The largest absolute Gasteiger partial charge is 0.507 e. The lowest BCUT2D eigenvalue weighted by Crippen LogP contribution is -2.17. The number of nitrogens with zero attached hydrogens (tertiary/aromatic N) is 2. The molecule has 0 atom stereocenters. The third-order valence-corrected chi connectivity index (χ3v) is 4.37. The molecule has 2 aromatic carbocycles. The number of hydrogen-bond donors (Lipinski definition) is 2. The third-order valence-electron chi connectivity index (χ3n) is 3.88. The lowest BCUT2D eigenvalue weighted by atomic mass is 10.1. The Morgan fingerprint density at radius 2 is 2.04 bits per heavy atom. The van der Waals surface area contributed by atoms with Crippen LogP contribution in [0.1, 0.15) is 21.7 Å². The molecule has 0 fully saturated rings. The van der Waals surface area contributed by atoms with E-state index in [0.717, 1.165) is 0 Å². The normalized spacial score (nSPS) is 10.9. The number of nitrogens with one attached hydrogen (secondary N) is 1. The molecular formula is C19H14BrN3O5. The number of amides is 1. The quantitative estimate of drug-likeness (QED) is 0.344. The minimum atomic E-state index is -0.587. The first-order chi connectivity index (χ1) is 13.3. The Morgan fingerprint density at radius 1 is 1.25 bits per heavy atom. The first-order valence-corrected chi connectivity index (χ1v) is 8.81. The Hall–Kier alpha value is -3.46. The van der Waals surface area contributed by atoms with Crippen LogP contribution in [0.2, 0.25) is 0 Å². The molecule has 9 heteroatoms. The van der Waals surface area contributed by atoms with Gasteiger partial charge >= 0.3 is 0 Å². The van der Waals surface area contributed by atoms with Gasteiger partial charge in [0, 0.05) is 21.7 Å². The Balaban J connectivity index is 1.73. The molecule has 0 spiro atoms. The van der Waals surface area contributed by atoms with Crippen molar-refractivity contribution in [1.82, 2.24) is 5.43 Å². The van der Waals surface area contributed by atoms with Gasteiger partial charge in [-0.2, -0.15) is 5.10 Å². The van der Waals surface area contributed by atoms with Crippen molar-refractivity contribution >= 4 is 33.7 Å². The zero-order valence-corrected chi connectivity index (χ0v) is 16.1. The van der Waals surface area contributed by atoms with Crippen LogP contribution in [0.5, 0.6) is 5.75 Å². The van der Waals surface area contributed by atoms with Crippen LogP contribution in [0, 0.1) is 17.0 Å². The van der Waals surface area contributed by atoms with Crippen LogP contribution in [-0.2, 0) is 0 Å². The van der Waals surface area contributed by atoms with Crippen LogP contribution in [0.3, 0.4) is 0 Å². The van der Waals surface area contributed by atoms with E-state index < -0.39 is 10.8 Å². The van der Waals surface area contributed by atoms with Crippen molar-refractivity contribution in [3.05, 3.63) is 80.0 Å². The minimum absolute atomic E-state index is 0.00482. The number of halogens is 1. The highest BCUT2D eigenvalue weighted by atomic mass is 79.9. The number of carbonyl (C=O) groups is 1. The van der Waals surface area contributed by atoms with Crippen molar-refractivity contribution in [3.63, 3.8) is 0 Å². The number of benzene rings is 2. The summed E-state index contributed by atoms with van der Waals surface area (Å²) < 4.78 is 6.24. The van der Waals surface area contributed by atoms with Gasteiger partial charge in [-0.25, -0.2) is 5.43 Å². The van der Waals surface area contributed by atoms with Crippen LogP contribution >= 0.6 is 15.9 Å². The molecule has 0 bridgehead atoms. The second kappa shape index (κ2) is 8.05. The van der Waals surface area contributed by atoms with E-state index in [9.17, 15) is 20.0 Å². The van der Waals surface area contributed by atoms with Gasteiger partial charge in [0.05, 0.1) is 16.7 Å². The second-order valence-electron chi connectivity index (χ2n) is 5.82. The fraction of sp³-hybridized carbons (Fsp3) is 0.0526. The summed E-state index contributed by atoms with van der Waals surface area (Å²) in [5.74, 6) is 0.0191. The molecule has 0 saturated carbocycles. The number of carbonyl (C=O) groups excluding carboxylic acids is 1. The van der Waals surface area contributed by atoms with E-state index in [2.05, 4.69) is 26.5 Å². The molecule has 3 aromatic rings.